The van der Waals surface area contributed by atoms with Gasteiger partial charge in [-0.2, -0.15) is 0 Å². The van der Waals surface area contributed by atoms with E-state index < -0.39 is 5.60 Å². The molecule has 0 bridgehead atoms. The zero-order chi connectivity index (χ0) is 14.5. The summed E-state index contributed by atoms with van der Waals surface area (Å²) in [6.45, 7) is 6.88. The van der Waals surface area contributed by atoms with E-state index in [1.807, 2.05) is 6.07 Å². The number of hydrogen-bond acceptors (Lipinski definition) is 2. The van der Waals surface area contributed by atoms with E-state index in [2.05, 4.69) is 43.4 Å². The van der Waals surface area contributed by atoms with Gasteiger partial charge in [0.2, 0.25) is 0 Å². The third-order valence-corrected chi connectivity index (χ3v) is 4.51. The van der Waals surface area contributed by atoms with E-state index in [1.54, 1.807) is 0 Å². The molecule has 0 saturated carbocycles. The molecule has 1 fully saturated rings. The monoisotopic (exact) mass is 278 g/mol. The normalized spacial score (nSPS) is 30.4. The molecule has 3 nitrogen and oxygen atoms in total. The molecule has 1 aromatic carbocycles. The Morgan fingerprint density at radius 2 is 2.05 bits per heavy atom. The highest BCUT2D eigenvalue weighted by atomic mass is 16.5. The van der Waals surface area contributed by atoms with Crippen molar-refractivity contribution in [3.05, 3.63) is 35.9 Å². The summed E-state index contributed by atoms with van der Waals surface area (Å²) in [5.41, 5.74) is 0.646. The lowest BCUT2D eigenvalue weighted by atomic mass is 9.80. The van der Waals surface area contributed by atoms with Crippen molar-refractivity contribution in [1.29, 1.82) is 0 Å². The number of nitrogens with two attached hydrogens (primary N) is 1. The molecule has 0 radical (unpaired) electrons. The molecular weight excluding hydrogens is 250 g/mol. The lowest BCUT2D eigenvalue weighted by molar-refractivity contribution is -0.672. The van der Waals surface area contributed by atoms with Crippen LogP contribution in [-0.4, -0.2) is 29.5 Å². The van der Waals surface area contributed by atoms with E-state index in [0.717, 1.165) is 38.8 Å². The molecule has 0 spiro atoms. The molecular formula is C17H28NO2+. The number of hydrogen-bond donors (Lipinski definition) is 2. The Hall–Kier alpha value is -0.900. The predicted octanol–water partition coefficient (Wildman–Crippen LogP) is 1.85. The first-order valence-corrected chi connectivity index (χ1v) is 7.77. The average Bonchev–Trinajstić information content (AvgIpc) is 2.45. The molecule has 0 aromatic heterocycles. The van der Waals surface area contributed by atoms with Crippen LogP contribution in [0.2, 0.25) is 0 Å². The summed E-state index contributed by atoms with van der Waals surface area (Å²) < 4.78 is 5.82. The first-order valence-electron chi connectivity index (χ1n) is 7.77. The lowest BCUT2D eigenvalue weighted by Crippen LogP contribution is -2.83. The van der Waals surface area contributed by atoms with Gasteiger partial charge in [-0.15, -0.1) is 0 Å². The standard InChI is InChI=1S/C17H27NO2/c1-3-16(2)14-17(19,10-12-20-16)9-11-18-13-15-7-5-4-6-8-15/h4-8,18-19H,3,9-14H2,1-2H3/p+1. The van der Waals surface area contributed by atoms with Crippen LogP contribution in [0.25, 0.3) is 0 Å². The van der Waals surface area contributed by atoms with E-state index in [4.69, 9.17) is 4.74 Å². The van der Waals surface area contributed by atoms with Crippen LogP contribution in [-0.2, 0) is 11.3 Å². The van der Waals surface area contributed by atoms with E-state index in [1.165, 1.54) is 5.56 Å². The van der Waals surface area contributed by atoms with Gasteiger partial charge in [0.05, 0.1) is 24.4 Å². The Morgan fingerprint density at radius 3 is 2.75 bits per heavy atom. The summed E-state index contributed by atoms with van der Waals surface area (Å²) in [4.78, 5) is 0. The summed E-state index contributed by atoms with van der Waals surface area (Å²) in [6, 6.07) is 10.5. The quantitative estimate of drug-likeness (QED) is 0.780. The molecule has 2 atom stereocenters. The van der Waals surface area contributed by atoms with Gasteiger partial charge in [0.1, 0.15) is 6.54 Å². The highest BCUT2D eigenvalue weighted by molar-refractivity contribution is 5.12. The van der Waals surface area contributed by atoms with Crippen molar-refractivity contribution in [2.45, 2.75) is 57.3 Å². The third kappa shape index (κ3) is 4.30. The summed E-state index contributed by atoms with van der Waals surface area (Å²) in [5.74, 6) is 0. The molecule has 2 unspecified atom stereocenters. The number of benzene rings is 1. The molecule has 1 aliphatic heterocycles. The maximum absolute atomic E-state index is 10.7. The van der Waals surface area contributed by atoms with Crippen molar-refractivity contribution < 1.29 is 15.2 Å². The average molecular weight is 278 g/mol. The molecule has 3 heteroatoms. The highest BCUT2D eigenvalue weighted by Gasteiger charge is 2.40. The fourth-order valence-corrected chi connectivity index (χ4v) is 3.02. The molecule has 1 heterocycles. The van der Waals surface area contributed by atoms with Gasteiger partial charge in [-0.3, -0.25) is 0 Å². The molecule has 1 aromatic rings. The van der Waals surface area contributed by atoms with Crippen molar-refractivity contribution in [3.63, 3.8) is 0 Å². The second kappa shape index (κ2) is 6.70. The van der Waals surface area contributed by atoms with Crippen LogP contribution in [0.3, 0.4) is 0 Å². The first-order chi connectivity index (χ1) is 9.55. The highest BCUT2D eigenvalue weighted by Crippen LogP contribution is 2.35. The van der Waals surface area contributed by atoms with Gasteiger partial charge in [-0.05, 0) is 19.8 Å². The maximum atomic E-state index is 10.7. The predicted molar refractivity (Wildman–Crippen MR) is 80.4 cm³/mol. The van der Waals surface area contributed by atoms with Crippen LogP contribution in [0.4, 0.5) is 0 Å². The second-order valence-electron chi connectivity index (χ2n) is 6.32. The second-order valence-corrected chi connectivity index (χ2v) is 6.32. The van der Waals surface area contributed by atoms with Crippen molar-refractivity contribution >= 4 is 0 Å². The van der Waals surface area contributed by atoms with Crippen molar-refractivity contribution in [1.82, 2.24) is 0 Å². The lowest BCUT2D eigenvalue weighted by Gasteiger charge is -2.42. The van der Waals surface area contributed by atoms with Crippen LogP contribution in [0.1, 0.15) is 45.1 Å². The van der Waals surface area contributed by atoms with E-state index in [-0.39, 0.29) is 5.60 Å². The van der Waals surface area contributed by atoms with Crippen molar-refractivity contribution in [3.8, 4) is 0 Å². The van der Waals surface area contributed by atoms with Gasteiger partial charge in [0.25, 0.3) is 0 Å². The fraction of sp³-hybridized carbons (Fsp3) is 0.647. The first kappa shape index (κ1) is 15.5. The zero-order valence-corrected chi connectivity index (χ0v) is 12.8. The minimum Gasteiger partial charge on any atom is -0.389 e. The molecule has 3 N–H and O–H groups in total. The molecule has 20 heavy (non-hydrogen) atoms. The van der Waals surface area contributed by atoms with Crippen LogP contribution < -0.4 is 5.32 Å². The summed E-state index contributed by atoms with van der Waals surface area (Å²) >= 11 is 0. The van der Waals surface area contributed by atoms with Crippen LogP contribution in [0.15, 0.2) is 30.3 Å². The van der Waals surface area contributed by atoms with Crippen LogP contribution in [0.5, 0.6) is 0 Å². The topological polar surface area (TPSA) is 46.1 Å². The zero-order valence-electron chi connectivity index (χ0n) is 12.8. The number of quaternary nitrogens is 1. The smallest absolute Gasteiger partial charge is 0.101 e. The van der Waals surface area contributed by atoms with Crippen molar-refractivity contribution in [2.75, 3.05) is 13.2 Å². The maximum Gasteiger partial charge on any atom is 0.101 e. The van der Waals surface area contributed by atoms with E-state index in [0.29, 0.717) is 6.61 Å². The van der Waals surface area contributed by atoms with Gasteiger partial charge in [-0.25, -0.2) is 0 Å². The van der Waals surface area contributed by atoms with E-state index in [9.17, 15) is 5.11 Å². The summed E-state index contributed by atoms with van der Waals surface area (Å²) in [5, 5.41) is 13.0. The Balaban J connectivity index is 1.75. The van der Waals surface area contributed by atoms with Gasteiger partial charge < -0.3 is 15.2 Å². The van der Waals surface area contributed by atoms with Crippen LogP contribution in [0, 0.1) is 0 Å². The molecule has 1 aliphatic rings. The third-order valence-electron chi connectivity index (χ3n) is 4.51. The molecule has 112 valence electrons. The fourth-order valence-electron chi connectivity index (χ4n) is 3.02. The summed E-state index contributed by atoms with van der Waals surface area (Å²) in [6.07, 6.45) is 3.33. The molecule has 0 aliphatic carbocycles. The minimum absolute atomic E-state index is 0.146. The SMILES string of the molecule is CCC1(C)CC(O)(CC[NH2+]Cc2ccccc2)CCO1. The summed E-state index contributed by atoms with van der Waals surface area (Å²) in [7, 11) is 0. The minimum atomic E-state index is -0.545. The Bertz CT molecular complexity index is 409. The van der Waals surface area contributed by atoms with Gasteiger partial charge in [0, 0.05) is 18.4 Å². The number of ether oxygens (including phenoxy) is 1. The number of rotatable bonds is 6. The van der Waals surface area contributed by atoms with Gasteiger partial charge in [0.15, 0.2) is 0 Å². The number of aliphatic hydroxyl groups is 1. The van der Waals surface area contributed by atoms with Crippen molar-refractivity contribution in [2.24, 2.45) is 0 Å². The molecule has 1 saturated heterocycles. The van der Waals surface area contributed by atoms with Gasteiger partial charge in [-0.1, -0.05) is 37.3 Å². The van der Waals surface area contributed by atoms with Crippen LogP contribution >= 0.6 is 0 Å². The Morgan fingerprint density at radius 1 is 1.30 bits per heavy atom. The Labute approximate surface area is 122 Å². The van der Waals surface area contributed by atoms with E-state index >= 15 is 0 Å². The van der Waals surface area contributed by atoms with Gasteiger partial charge >= 0.3 is 0 Å². The largest absolute Gasteiger partial charge is 0.389 e. The molecule has 2 rings (SSSR count). The Kier molecular flexibility index (Phi) is 5.19. The molecule has 0 amide bonds.